The molecule has 1 aliphatic rings. The highest BCUT2D eigenvalue weighted by atomic mass is 16.5. The van der Waals surface area contributed by atoms with Crippen molar-refractivity contribution in [2.24, 2.45) is 17.8 Å². The first kappa shape index (κ1) is 12.7. The van der Waals surface area contributed by atoms with Crippen molar-refractivity contribution in [3.8, 4) is 0 Å². The van der Waals surface area contributed by atoms with E-state index in [1.54, 1.807) is 7.11 Å². The molecular weight excluding hydrogens is 188 g/mol. The third-order valence-electron chi connectivity index (χ3n) is 3.99. The first-order valence-electron chi connectivity index (χ1n) is 6.06. The van der Waals surface area contributed by atoms with E-state index in [4.69, 9.17) is 4.74 Å². The van der Waals surface area contributed by atoms with Crippen LogP contribution >= 0.6 is 0 Å². The second kappa shape index (κ2) is 4.65. The molecule has 0 amide bonds. The van der Waals surface area contributed by atoms with Crippen LogP contribution in [0.3, 0.4) is 0 Å². The SMILES string of the molecule is COC1(C(=O)C(C)C)C(C)CCCC1C. The van der Waals surface area contributed by atoms with Crippen molar-refractivity contribution >= 4 is 5.78 Å². The number of carbonyl (C=O) groups excluding carboxylic acids is 1. The number of methoxy groups -OCH3 is 1. The summed E-state index contributed by atoms with van der Waals surface area (Å²) in [6.45, 7) is 8.24. The van der Waals surface area contributed by atoms with Gasteiger partial charge in [0.05, 0.1) is 0 Å². The van der Waals surface area contributed by atoms with Gasteiger partial charge < -0.3 is 4.74 Å². The van der Waals surface area contributed by atoms with Crippen molar-refractivity contribution in [3.05, 3.63) is 0 Å². The first-order valence-corrected chi connectivity index (χ1v) is 6.06. The maximum atomic E-state index is 12.3. The minimum Gasteiger partial charge on any atom is -0.370 e. The Hall–Kier alpha value is -0.370. The number of carbonyl (C=O) groups is 1. The lowest BCUT2D eigenvalue weighted by molar-refractivity contribution is -0.165. The minimum atomic E-state index is -0.521. The number of ketones is 1. The Morgan fingerprint density at radius 2 is 1.73 bits per heavy atom. The molecule has 0 aromatic rings. The molecular formula is C13H24O2. The van der Waals surface area contributed by atoms with E-state index < -0.39 is 5.60 Å². The van der Waals surface area contributed by atoms with Gasteiger partial charge in [-0.15, -0.1) is 0 Å². The normalized spacial score (nSPS) is 36.9. The van der Waals surface area contributed by atoms with Gasteiger partial charge in [-0.2, -0.15) is 0 Å². The van der Waals surface area contributed by atoms with E-state index in [9.17, 15) is 4.79 Å². The van der Waals surface area contributed by atoms with Gasteiger partial charge in [0.1, 0.15) is 5.60 Å². The van der Waals surface area contributed by atoms with Gasteiger partial charge in [0.2, 0.25) is 0 Å². The van der Waals surface area contributed by atoms with Crippen LogP contribution in [0.5, 0.6) is 0 Å². The zero-order chi connectivity index (χ0) is 11.6. The Bertz CT molecular complexity index is 223. The lowest BCUT2D eigenvalue weighted by atomic mass is 9.65. The van der Waals surface area contributed by atoms with Crippen LogP contribution in [-0.4, -0.2) is 18.5 Å². The molecule has 88 valence electrons. The van der Waals surface area contributed by atoms with E-state index in [2.05, 4.69) is 13.8 Å². The molecule has 1 rings (SSSR count). The average Bonchev–Trinajstić information content (AvgIpc) is 2.18. The number of hydrogen-bond acceptors (Lipinski definition) is 2. The molecule has 1 aliphatic carbocycles. The molecule has 2 heteroatoms. The molecule has 0 aliphatic heterocycles. The van der Waals surface area contributed by atoms with E-state index in [-0.39, 0.29) is 11.7 Å². The fourth-order valence-electron chi connectivity index (χ4n) is 3.08. The summed E-state index contributed by atoms with van der Waals surface area (Å²) in [6, 6.07) is 0. The third kappa shape index (κ3) is 1.96. The van der Waals surface area contributed by atoms with Gasteiger partial charge in [0.15, 0.2) is 5.78 Å². The van der Waals surface area contributed by atoms with Crippen molar-refractivity contribution in [2.45, 2.75) is 52.6 Å². The van der Waals surface area contributed by atoms with E-state index >= 15 is 0 Å². The van der Waals surface area contributed by atoms with Crippen LogP contribution in [0.15, 0.2) is 0 Å². The summed E-state index contributed by atoms with van der Waals surface area (Å²) >= 11 is 0. The second-order valence-electron chi connectivity index (χ2n) is 5.25. The molecule has 0 aromatic heterocycles. The van der Waals surface area contributed by atoms with Crippen LogP contribution < -0.4 is 0 Å². The fraction of sp³-hybridized carbons (Fsp3) is 0.923. The Morgan fingerprint density at radius 1 is 1.27 bits per heavy atom. The van der Waals surface area contributed by atoms with E-state index in [0.29, 0.717) is 11.8 Å². The average molecular weight is 212 g/mol. The number of Topliss-reactive ketones (excluding diaryl/α,β-unsaturated/α-hetero) is 1. The zero-order valence-electron chi connectivity index (χ0n) is 10.7. The van der Waals surface area contributed by atoms with Crippen molar-refractivity contribution in [3.63, 3.8) is 0 Å². The summed E-state index contributed by atoms with van der Waals surface area (Å²) in [4.78, 5) is 12.3. The van der Waals surface area contributed by atoms with Gasteiger partial charge in [-0.05, 0) is 24.7 Å². The smallest absolute Gasteiger partial charge is 0.167 e. The summed E-state index contributed by atoms with van der Waals surface area (Å²) in [5, 5.41) is 0. The van der Waals surface area contributed by atoms with E-state index in [1.807, 2.05) is 13.8 Å². The van der Waals surface area contributed by atoms with Crippen LogP contribution in [0.1, 0.15) is 47.0 Å². The molecule has 2 unspecified atom stereocenters. The second-order valence-corrected chi connectivity index (χ2v) is 5.25. The number of rotatable bonds is 3. The molecule has 15 heavy (non-hydrogen) atoms. The zero-order valence-corrected chi connectivity index (χ0v) is 10.7. The summed E-state index contributed by atoms with van der Waals surface area (Å²) < 4.78 is 5.68. The number of hydrogen-bond donors (Lipinski definition) is 0. The van der Waals surface area contributed by atoms with Crippen LogP contribution in [0.4, 0.5) is 0 Å². The molecule has 2 atom stereocenters. The van der Waals surface area contributed by atoms with E-state index in [0.717, 1.165) is 12.8 Å². The predicted molar refractivity (Wildman–Crippen MR) is 61.8 cm³/mol. The molecule has 0 heterocycles. The van der Waals surface area contributed by atoms with Gasteiger partial charge in [0, 0.05) is 13.0 Å². The predicted octanol–water partition coefficient (Wildman–Crippen LogP) is 3.05. The summed E-state index contributed by atoms with van der Waals surface area (Å²) in [6.07, 6.45) is 3.44. The van der Waals surface area contributed by atoms with Crippen molar-refractivity contribution < 1.29 is 9.53 Å². The topological polar surface area (TPSA) is 26.3 Å². The fourth-order valence-corrected chi connectivity index (χ4v) is 3.08. The minimum absolute atomic E-state index is 0.0629. The van der Waals surface area contributed by atoms with Gasteiger partial charge in [0.25, 0.3) is 0 Å². The van der Waals surface area contributed by atoms with Gasteiger partial charge >= 0.3 is 0 Å². The Balaban J connectivity index is 3.03. The van der Waals surface area contributed by atoms with Gasteiger partial charge in [-0.1, -0.05) is 34.1 Å². The monoisotopic (exact) mass is 212 g/mol. The molecule has 0 spiro atoms. The van der Waals surface area contributed by atoms with Crippen LogP contribution in [-0.2, 0) is 9.53 Å². The molecule has 0 N–H and O–H groups in total. The van der Waals surface area contributed by atoms with Crippen molar-refractivity contribution in [1.82, 2.24) is 0 Å². The van der Waals surface area contributed by atoms with Crippen molar-refractivity contribution in [2.75, 3.05) is 7.11 Å². The first-order chi connectivity index (χ1) is 6.96. The van der Waals surface area contributed by atoms with Gasteiger partial charge in [-0.25, -0.2) is 0 Å². The van der Waals surface area contributed by atoms with Crippen LogP contribution in [0.25, 0.3) is 0 Å². The highest BCUT2D eigenvalue weighted by molar-refractivity contribution is 5.89. The lowest BCUT2D eigenvalue weighted by Crippen LogP contribution is -2.55. The maximum absolute atomic E-state index is 12.3. The molecule has 0 bridgehead atoms. The Kier molecular flexibility index (Phi) is 3.93. The summed E-state index contributed by atoms with van der Waals surface area (Å²) in [5.41, 5.74) is -0.521. The maximum Gasteiger partial charge on any atom is 0.167 e. The van der Waals surface area contributed by atoms with Crippen LogP contribution in [0, 0.1) is 17.8 Å². The lowest BCUT2D eigenvalue weighted by Gasteiger charge is -2.45. The third-order valence-corrected chi connectivity index (χ3v) is 3.99. The highest BCUT2D eigenvalue weighted by Gasteiger charge is 2.50. The van der Waals surface area contributed by atoms with Crippen molar-refractivity contribution in [1.29, 1.82) is 0 Å². The summed E-state index contributed by atoms with van der Waals surface area (Å²) in [5.74, 6) is 1.04. The molecule has 2 nitrogen and oxygen atoms in total. The largest absolute Gasteiger partial charge is 0.370 e. The molecule has 0 aromatic carbocycles. The quantitative estimate of drug-likeness (QED) is 0.718. The van der Waals surface area contributed by atoms with Gasteiger partial charge in [-0.3, -0.25) is 4.79 Å². The van der Waals surface area contributed by atoms with E-state index in [1.165, 1.54) is 6.42 Å². The molecule has 0 saturated heterocycles. The van der Waals surface area contributed by atoms with Crippen LogP contribution in [0.2, 0.25) is 0 Å². The molecule has 1 fully saturated rings. The number of ether oxygens (including phenoxy) is 1. The summed E-state index contributed by atoms with van der Waals surface area (Å²) in [7, 11) is 1.69. The molecule has 0 radical (unpaired) electrons. The highest BCUT2D eigenvalue weighted by Crippen LogP contribution is 2.42. The standard InChI is InChI=1S/C13H24O2/c1-9(2)12(14)13(15-5)10(3)7-6-8-11(13)4/h9-11H,6-8H2,1-5H3. The Morgan fingerprint density at radius 3 is 2.07 bits per heavy atom. The Labute approximate surface area is 93.4 Å². The molecule has 1 saturated carbocycles.